The molecule has 3 unspecified atom stereocenters. The summed E-state index contributed by atoms with van der Waals surface area (Å²) >= 11 is 0. The summed E-state index contributed by atoms with van der Waals surface area (Å²) in [6, 6.07) is 9.71. The van der Waals surface area contributed by atoms with Crippen molar-refractivity contribution < 1.29 is 19.1 Å². The van der Waals surface area contributed by atoms with Crippen LogP contribution >= 0.6 is 0 Å². The summed E-state index contributed by atoms with van der Waals surface area (Å²) in [5, 5.41) is 0. The Morgan fingerprint density at radius 1 is 0.875 bits per heavy atom. The monoisotopic (exact) mass is 334 g/mol. The summed E-state index contributed by atoms with van der Waals surface area (Å²) in [4.78, 5) is 23.6. The highest BCUT2D eigenvalue weighted by molar-refractivity contribution is 5.79. The van der Waals surface area contributed by atoms with Crippen LogP contribution in [0.1, 0.15) is 45.6 Å². The first-order valence-electron chi connectivity index (χ1n) is 8.56. The van der Waals surface area contributed by atoms with E-state index in [0.717, 1.165) is 5.56 Å². The zero-order chi connectivity index (χ0) is 18.5. The van der Waals surface area contributed by atoms with Crippen LogP contribution in [0.3, 0.4) is 0 Å². The zero-order valence-corrected chi connectivity index (χ0v) is 15.6. The second-order valence-corrected chi connectivity index (χ2v) is 4.82. The molecule has 0 amide bonds. The highest BCUT2D eigenvalue weighted by Gasteiger charge is 2.35. The lowest BCUT2D eigenvalue weighted by atomic mass is 9.75. The molecule has 0 heterocycles. The fraction of sp³-hybridized carbons (Fsp3) is 0.500. The van der Waals surface area contributed by atoms with Crippen LogP contribution in [-0.4, -0.2) is 26.2 Å². The van der Waals surface area contributed by atoms with E-state index < -0.39 is 0 Å². The number of hydrogen-bond acceptors (Lipinski definition) is 4. The third-order valence-electron chi connectivity index (χ3n) is 3.70. The highest BCUT2D eigenvalue weighted by Crippen LogP contribution is 2.37. The van der Waals surface area contributed by atoms with Crippen molar-refractivity contribution in [3.63, 3.8) is 0 Å². The maximum absolute atomic E-state index is 11.9. The van der Waals surface area contributed by atoms with Crippen molar-refractivity contribution in [2.75, 3.05) is 14.2 Å². The minimum atomic E-state index is -0.358. The molecule has 24 heavy (non-hydrogen) atoms. The van der Waals surface area contributed by atoms with Crippen LogP contribution in [0.4, 0.5) is 0 Å². The number of rotatable bonds is 3. The van der Waals surface area contributed by atoms with E-state index in [0.29, 0.717) is 6.42 Å². The third-order valence-corrected chi connectivity index (χ3v) is 3.70. The van der Waals surface area contributed by atoms with E-state index in [9.17, 15) is 9.59 Å². The van der Waals surface area contributed by atoms with E-state index in [1.54, 1.807) is 12.2 Å². The molecule has 1 aromatic rings. The fourth-order valence-electron chi connectivity index (χ4n) is 2.64. The maximum atomic E-state index is 11.9. The van der Waals surface area contributed by atoms with Gasteiger partial charge in [0, 0.05) is 5.92 Å². The Kier molecular flexibility index (Phi) is 11.3. The van der Waals surface area contributed by atoms with Gasteiger partial charge in [-0.05, 0) is 12.0 Å². The normalized spacial score (nSPS) is 21.3. The Bertz CT molecular complexity index is 508. The lowest BCUT2D eigenvalue weighted by molar-refractivity contribution is -0.148. The van der Waals surface area contributed by atoms with Gasteiger partial charge in [0.2, 0.25) is 0 Å². The smallest absolute Gasteiger partial charge is 0.313 e. The van der Waals surface area contributed by atoms with Crippen molar-refractivity contribution in [1.82, 2.24) is 0 Å². The second kappa shape index (κ2) is 12.3. The maximum Gasteiger partial charge on any atom is 0.313 e. The highest BCUT2D eigenvalue weighted by atomic mass is 16.5. The summed E-state index contributed by atoms with van der Waals surface area (Å²) in [6.07, 6.45) is 4.05. The molecule has 4 nitrogen and oxygen atoms in total. The number of methoxy groups -OCH3 is 2. The van der Waals surface area contributed by atoms with Gasteiger partial charge in [0.1, 0.15) is 0 Å². The molecule has 0 saturated heterocycles. The first-order chi connectivity index (χ1) is 11.7. The van der Waals surface area contributed by atoms with Crippen molar-refractivity contribution >= 4 is 11.9 Å². The van der Waals surface area contributed by atoms with Gasteiger partial charge in [-0.15, -0.1) is 0 Å². The number of hydrogen-bond donors (Lipinski definition) is 0. The van der Waals surface area contributed by atoms with Crippen LogP contribution in [0.2, 0.25) is 0 Å². The molecule has 0 aromatic heterocycles. The van der Waals surface area contributed by atoms with Crippen LogP contribution in [0.5, 0.6) is 0 Å². The number of carbonyl (C=O) groups is 2. The fourth-order valence-corrected chi connectivity index (χ4v) is 2.64. The molecule has 1 aromatic carbocycles. The molecule has 0 saturated carbocycles. The molecular formula is C20H30O4. The summed E-state index contributed by atoms with van der Waals surface area (Å²) in [5.41, 5.74) is 1.03. The summed E-state index contributed by atoms with van der Waals surface area (Å²) in [7, 11) is 2.75. The standard InChI is InChI=1S/C16H18O4.2C2H6/c1-19-15(17)12-8-9-13(16(18)20-2)14(10-12)11-6-4-3-5-7-11;2*1-2/h3-9,12-14H,10H2,1-2H3;2*1-2H3. The second-order valence-electron chi connectivity index (χ2n) is 4.82. The van der Waals surface area contributed by atoms with Gasteiger partial charge in [-0.1, -0.05) is 70.2 Å². The minimum Gasteiger partial charge on any atom is -0.469 e. The van der Waals surface area contributed by atoms with Crippen LogP contribution in [0, 0.1) is 11.8 Å². The van der Waals surface area contributed by atoms with Gasteiger partial charge in [0.05, 0.1) is 26.1 Å². The van der Waals surface area contributed by atoms with Crippen LogP contribution in [-0.2, 0) is 19.1 Å². The topological polar surface area (TPSA) is 52.6 Å². The molecular weight excluding hydrogens is 304 g/mol. The molecule has 2 rings (SSSR count). The van der Waals surface area contributed by atoms with Gasteiger partial charge >= 0.3 is 11.9 Å². The molecule has 4 heteroatoms. The van der Waals surface area contributed by atoms with E-state index in [2.05, 4.69) is 0 Å². The van der Waals surface area contributed by atoms with Crippen molar-refractivity contribution in [3.05, 3.63) is 48.0 Å². The Morgan fingerprint density at radius 2 is 1.42 bits per heavy atom. The van der Waals surface area contributed by atoms with Gasteiger partial charge in [0.25, 0.3) is 0 Å². The number of esters is 2. The van der Waals surface area contributed by atoms with E-state index in [-0.39, 0.29) is 29.7 Å². The van der Waals surface area contributed by atoms with Gasteiger partial charge in [-0.3, -0.25) is 9.59 Å². The van der Waals surface area contributed by atoms with Crippen molar-refractivity contribution in [2.24, 2.45) is 11.8 Å². The zero-order valence-electron chi connectivity index (χ0n) is 15.6. The van der Waals surface area contributed by atoms with Crippen LogP contribution in [0.25, 0.3) is 0 Å². The van der Waals surface area contributed by atoms with Gasteiger partial charge < -0.3 is 9.47 Å². The summed E-state index contributed by atoms with van der Waals surface area (Å²) in [5.74, 6) is -1.30. The molecule has 0 spiro atoms. The molecule has 0 bridgehead atoms. The molecule has 0 radical (unpaired) electrons. The largest absolute Gasteiger partial charge is 0.469 e. The predicted octanol–water partition coefficient (Wildman–Crippen LogP) is 4.36. The molecule has 134 valence electrons. The van der Waals surface area contributed by atoms with Gasteiger partial charge in [-0.2, -0.15) is 0 Å². The van der Waals surface area contributed by atoms with E-state index >= 15 is 0 Å². The summed E-state index contributed by atoms with van der Waals surface area (Å²) in [6.45, 7) is 8.00. The van der Waals surface area contributed by atoms with Crippen LogP contribution < -0.4 is 0 Å². The Labute approximate surface area is 145 Å². The molecule has 0 aliphatic heterocycles. The average Bonchev–Trinajstić information content (AvgIpc) is 2.70. The summed E-state index contributed by atoms with van der Waals surface area (Å²) < 4.78 is 9.65. The third kappa shape index (κ3) is 5.84. The number of ether oxygens (including phenoxy) is 2. The van der Waals surface area contributed by atoms with Crippen molar-refractivity contribution in [1.29, 1.82) is 0 Å². The molecule has 1 aliphatic rings. The lowest BCUT2D eigenvalue weighted by Crippen LogP contribution is -2.29. The number of benzene rings is 1. The average molecular weight is 334 g/mol. The van der Waals surface area contributed by atoms with Gasteiger partial charge in [-0.25, -0.2) is 0 Å². The molecule has 3 atom stereocenters. The van der Waals surface area contributed by atoms with Crippen LogP contribution in [0.15, 0.2) is 42.5 Å². The van der Waals surface area contributed by atoms with E-state index in [1.807, 2.05) is 58.0 Å². The SMILES string of the molecule is CC.CC.COC(=O)C1C=CC(C(=O)OC)C(c2ccccc2)C1. The lowest BCUT2D eigenvalue weighted by Gasteiger charge is -2.29. The first kappa shape index (κ1) is 21.9. The predicted molar refractivity (Wildman–Crippen MR) is 96.6 cm³/mol. The quantitative estimate of drug-likeness (QED) is 0.609. The molecule has 0 fully saturated rings. The van der Waals surface area contributed by atoms with Gasteiger partial charge in [0.15, 0.2) is 0 Å². The minimum absolute atomic E-state index is 0.0715. The Hall–Kier alpha value is -2.10. The Balaban J connectivity index is 0.00000123. The van der Waals surface area contributed by atoms with Crippen molar-refractivity contribution in [2.45, 2.75) is 40.0 Å². The van der Waals surface area contributed by atoms with E-state index in [4.69, 9.17) is 9.47 Å². The van der Waals surface area contributed by atoms with E-state index in [1.165, 1.54) is 14.2 Å². The molecule has 0 N–H and O–H groups in total. The first-order valence-corrected chi connectivity index (χ1v) is 8.56. The number of carbonyl (C=O) groups excluding carboxylic acids is 2. The van der Waals surface area contributed by atoms with Crippen molar-refractivity contribution in [3.8, 4) is 0 Å². The Morgan fingerprint density at radius 3 is 1.92 bits per heavy atom. The molecule has 1 aliphatic carbocycles.